The number of nitrogens with one attached hydrogen (secondary N) is 1. The van der Waals surface area contributed by atoms with E-state index in [1.54, 1.807) is 11.3 Å². The van der Waals surface area contributed by atoms with E-state index in [4.69, 9.17) is 4.99 Å². The summed E-state index contributed by atoms with van der Waals surface area (Å²) in [7, 11) is 2.06. The van der Waals surface area contributed by atoms with Gasteiger partial charge in [0.15, 0.2) is 5.96 Å². The normalized spacial score (nSPS) is 11.5. The Bertz CT molecular complexity index is 625. The van der Waals surface area contributed by atoms with Crippen LogP contribution in [0.5, 0.6) is 0 Å². The van der Waals surface area contributed by atoms with Crippen LogP contribution in [0, 0.1) is 6.92 Å². The van der Waals surface area contributed by atoms with E-state index >= 15 is 0 Å². The summed E-state index contributed by atoms with van der Waals surface area (Å²) >= 11 is 3.58. The van der Waals surface area contributed by atoms with Crippen LogP contribution in [0.25, 0.3) is 0 Å². The lowest BCUT2D eigenvalue weighted by molar-refractivity contribution is 0.471. The highest BCUT2D eigenvalue weighted by Gasteiger charge is 2.08. The van der Waals surface area contributed by atoms with E-state index in [0.717, 1.165) is 48.5 Å². The average molecular weight is 363 g/mol. The van der Waals surface area contributed by atoms with E-state index in [-0.39, 0.29) is 0 Å². The van der Waals surface area contributed by atoms with Gasteiger partial charge in [0.2, 0.25) is 0 Å². The second-order valence-electron chi connectivity index (χ2n) is 5.46. The predicted octanol–water partition coefficient (Wildman–Crippen LogP) is 4.03. The zero-order chi connectivity index (χ0) is 17.2. The number of nitrogens with zero attached hydrogens (tertiary/aromatic N) is 3. The fraction of sp³-hybridized carbons (Fsp3) is 0.444. The van der Waals surface area contributed by atoms with Crippen molar-refractivity contribution in [2.24, 2.45) is 4.99 Å². The molecule has 1 aromatic heterocycles. The topological polar surface area (TPSA) is 40.5 Å². The third-order valence-electron chi connectivity index (χ3n) is 3.34. The minimum Gasteiger partial charge on any atom is -0.357 e. The molecule has 1 heterocycles. The monoisotopic (exact) mass is 362 g/mol. The van der Waals surface area contributed by atoms with E-state index < -0.39 is 0 Å². The third-order valence-corrected chi connectivity index (χ3v) is 5.26. The number of hydrogen-bond donors (Lipinski definition) is 1. The van der Waals surface area contributed by atoms with Gasteiger partial charge in [-0.25, -0.2) is 4.98 Å². The van der Waals surface area contributed by atoms with Crippen molar-refractivity contribution in [2.45, 2.75) is 31.7 Å². The Morgan fingerprint density at radius 2 is 2.12 bits per heavy atom. The van der Waals surface area contributed by atoms with Gasteiger partial charge in [-0.2, -0.15) is 0 Å². The number of aryl methyl sites for hydroxylation is 1. The molecule has 1 aromatic carbocycles. The van der Waals surface area contributed by atoms with Gasteiger partial charge in [0.05, 0.1) is 17.2 Å². The van der Waals surface area contributed by atoms with Gasteiger partial charge < -0.3 is 10.2 Å². The summed E-state index contributed by atoms with van der Waals surface area (Å²) in [5, 5.41) is 6.59. The summed E-state index contributed by atoms with van der Waals surface area (Å²) in [4.78, 5) is 12.7. The predicted molar refractivity (Wildman–Crippen MR) is 106 cm³/mol. The molecule has 0 bridgehead atoms. The van der Waals surface area contributed by atoms with Gasteiger partial charge in [-0.1, -0.05) is 18.2 Å². The fourth-order valence-corrected chi connectivity index (χ4v) is 3.69. The van der Waals surface area contributed by atoms with Gasteiger partial charge in [0, 0.05) is 30.4 Å². The molecule has 0 aliphatic heterocycles. The molecule has 0 amide bonds. The Hall–Kier alpha value is -1.53. The Balaban J connectivity index is 1.78. The second-order valence-corrected chi connectivity index (χ2v) is 7.70. The molecule has 0 atom stereocenters. The van der Waals surface area contributed by atoms with Crippen LogP contribution in [0.4, 0.5) is 0 Å². The van der Waals surface area contributed by atoms with Gasteiger partial charge in [-0.15, -0.1) is 23.1 Å². The van der Waals surface area contributed by atoms with Crippen LogP contribution in [0.2, 0.25) is 0 Å². The van der Waals surface area contributed by atoms with Gasteiger partial charge >= 0.3 is 0 Å². The van der Waals surface area contributed by atoms with E-state index in [1.165, 1.54) is 4.90 Å². The van der Waals surface area contributed by atoms with Crippen LogP contribution in [-0.4, -0.2) is 41.7 Å². The number of aromatic nitrogens is 1. The maximum absolute atomic E-state index is 4.74. The Labute approximate surface area is 153 Å². The molecule has 0 radical (unpaired) electrons. The summed E-state index contributed by atoms with van der Waals surface area (Å²) in [6, 6.07) is 10.5. The lowest BCUT2D eigenvalue weighted by atomic mass is 10.4. The van der Waals surface area contributed by atoms with Crippen molar-refractivity contribution in [3.05, 3.63) is 46.4 Å². The lowest BCUT2D eigenvalue weighted by Gasteiger charge is -2.21. The number of thiazole rings is 1. The first-order valence-electron chi connectivity index (χ1n) is 8.27. The first kappa shape index (κ1) is 18.8. The van der Waals surface area contributed by atoms with Crippen LogP contribution >= 0.6 is 23.1 Å². The van der Waals surface area contributed by atoms with Gasteiger partial charge in [0.1, 0.15) is 0 Å². The van der Waals surface area contributed by atoms with E-state index in [2.05, 4.69) is 64.9 Å². The first-order valence-corrected chi connectivity index (χ1v) is 10.1. The molecule has 0 saturated heterocycles. The van der Waals surface area contributed by atoms with E-state index in [0.29, 0.717) is 0 Å². The summed E-state index contributed by atoms with van der Waals surface area (Å²) in [6.07, 6.45) is 1.07. The SMILES string of the molecule is CCNC(=NCCCSc1ccccc1)N(C)Cc1csc(C)n1. The van der Waals surface area contributed by atoms with Crippen LogP contribution in [0.15, 0.2) is 45.6 Å². The van der Waals surface area contributed by atoms with Gasteiger partial charge in [-0.05, 0) is 38.2 Å². The van der Waals surface area contributed by atoms with Crippen LogP contribution in [0.1, 0.15) is 24.0 Å². The highest BCUT2D eigenvalue weighted by atomic mass is 32.2. The number of aliphatic imine (C=N–C) groups is 1. The largest absolute Gasteiger partial charge is 0.357 e. The van der Waals surface area contributed by atoms with Crippen LogP contribution in [-0.2, 0) is 6.54 Å². The van der Waals surface area contributed by atoms with Crippen molar-refractivity contribution in [2.75, 3.05) is 25.9 Å². The molecule has 0 aliphatic carbocycles. The first-order chi connectivity index (χ1) is 11.7. The summed E-state index contributed by atoms with van der Waals surface area (Å²) in [5.74, 6) is 2.04. The maximum atomic E-state index is 4.74. The van der Waals surface area contributed by atoms with E-state index in [1.807, 2.05) is 18.7 Å². The number of benzene rings is 1. The van der Waals surface area contributed by atoms with Crippen molar-refractivity contribution in [1.29, 1.82) is 0 Å². The second kappa shape index (κ2) is 10.4. The molecule has 0 saturated carbocycles. The molecule has 6 heteroatoms. The van der Waals surface area contributed by atoms with Crippen LogP contribution < -0.4 is 5.32 Å². The van der Waals surface area contributed by atoms with Gasteiger partial charge in [-0.3, -0.25) is 4.99 Å². The summed E-state index contributed by atoms with van der Waals surface area (Å²) in [6.45, 7) is 6.63. The smallest absolute Gasteiger partial charge is 0.194 e. The Morgan fingerprint density at radius 1 is 1.33 bits per heavy atom. The molecule has 24 heavy (non-hydrogen) atoms. The van der Waals surface area contributed by atoms with Crippen LogP contribution in [0.3, 0.4) is 0 Å². The number of guanidine groups is 1. The average Bonchev–Trinajstić information content (AvgIpc) is 2.99. The molecule has 130 valence electrons. The standard InChI is InChI=1S/C18H26N4S2/c1-4-19-18(22(3)13-16-14-24-15(2)21-16)20-11-8-12-23-17-9-6-5-7-10-17/h5-7,9-10,14H,4,8,11-13H2,1-3H3,(H,19,20). The molecule has 1 N–H and O–H groups in total. The van der Waals surface area contributed by atoms with Crippen molar-refractivity contribution in [3.8, 4) is 0 Å². The third kappa shape index (κ3) is 6.53. The van der Waals surface area contributed by atoms with Crippen molar-refractivity contribution < 1.29 is 0 Å². The highest BCUT2D eigenvalue weighted by Crippen LogP contribution is 2.17. The fourth-order valence-electron chi connectivity index (χ4n) is 2.22. The van der Waals surface area contributed by atoms with Crippen molar-refractivity contribution in [3.63, 3.8) is 0 Å². The molecule has 0 unspecified atom stereocenters. The minimum absolute atomic E-state index is 0.787. The Morgan fingerprint density at radius 3 is 2.79 bits per heavy atom. The van der Waals surface area contributed by atoms with Crippen molar-refractivity contribution >= 4 is 29.1 Å². The maximum Gasteiger partial charge on any atom is 0.194 e. The van der Waals surface area contributed by atoms with E-state index in [9.17, 15) is 0 Å². The molecular formula is C18H26N4S2. The van der Waals surface area contributed by atoms with Gasteiger partial charge in [0.25, 0.3) is 0 Å². The Kier molecular flexibility index (Phi) is 8.12. The highest BCUT2D eigenvalue weighted by molar-refractivity contribution is 7.99. The quantitative estimate of drug-likeness (QED) is 0.333. The number of thioether (sulfide) groups is 1. The molecular weight excluding hydrogens is 336 g/mol. The molecule has 4 nitrogen and oxygen atoms in total. The summed E-state index contributed by atoms with van der Waals surface area (Å²) < 4.78 is 0. The molecule has 2 rings (SSSR count). The number of hydrogen-bond acceptors (Lipinski definition) is 4. The molecule has 0 fully saturated rings. The zero-order valence-electron chi connectivity index (χ0n) is 14.7. The zero-order valence-corrected chi connectivity index (χ0v) is 16.3. The molecule has 0 aliphatic rings. The lowest BCUT2D eigenvalue weighted by Crippen LogP contribution is -2.38. The molecule has 2 aromatic rings. The number of rotatable bonds is 8. The minimum atomic E-state index is 0.787. The van der Waals surface area contributed by atoms with Crippen molar-refractivity contribution in [1.82, 2.24) is 15.2 Å². The summed E-state index contributed by atoms with van der Waals surface area (Å²) in [5.41, 5.74) is 1.10. The molecule has 0 spiro atoms.